The molecule has 8 nitrogen and oxygen atoms in total. The Morgan fingerprint density at radius 3 is 2.70 bits per heavy atom. The number of anilines is 1. The molecule has 2 heterocycles. The van der Waals surface area contributed by atoms with Crippen molar-refractivity contribution in [3.05, 3.63) is 63.2 Å². The van der Waals surface area contributed by atoms with Gasteiger partial charge in [0.05, 0.1) is 24.7 Å². The number of amides is 1. The summed E-state index contributed by atoms with van der Waals surface area (Å²) in [7, 11) is 0. The van der Waals surface area contributed by atoms with E-state index in [0.717, 1.165) is 6.42 Å². The molecule has 9 heteroatoms. The monoisotopic (exact) mass is 431 g/mol. The Hall–Kier alpha value is -2.84. The molecular formula is C21H22ClN3O5. The minimum Gasteiger partial charge on any atom is -0.488 e. The van der Waals surface area contributed by atoms with Gasteiger partial charge in [-0.3, -0.25) is 14.9 Å². The predicted molar refractivity (Wildman–Crippen MR) is 113 cm³/mol. The molecule has 1 atom stereocenters. The van der Waals surface area contributed by atoms with Crippen molar-refractivity contribution in [2.75, 3.05) is 44.3 Å². The molecule has 0 saturated carbocycles. The van der Waals surface area contributed by atoms with E-state index in [1.165, 1.54) is 6.07 Å². The lowest BCUT2D eigenvalue weighted by molar-refractivity contribution is -0.384. The van der Waals surface area contributed by atoms with E-state index < -0.39 is 4.92 Å². The number of nitro groups is 1. The number of hydrogen-bond donors (Lipinski definition) is 0. The largest absolute Gasteiger partial charge is 0.488 e. The van der Waals surface area contributed by atoms with Crippen LogP contribution in [-0.4, -0.2) is 61.2 Å². The number of ether oxygens (including phenoxy) is 2. The van der Waals surface area contributed by atoms with Crippen LogP contribution in [0.1, 0.15) is 16.8 Å². The molecule has 0 spiro atoms. The third-order valence-corrected chi connectivity index (χ3v) is 5.54. The Bertz CT molecular complexity index is 948. The lowest BCUT2D eigenvalue weighted by Crippen LogP contribution is -2.40. The van der Waals surface area contributed by atoms with Crippen LogP contribution in [0.15, 0.2) is 42.5 Å². The van der Waals surface area contributed by atoms with Gasteiger partial charge in [-0.1, -0.05) is 17.7 Å². The van der Waals surface area contributed by atoms with Crippen LogP contribution in [0.3, 0.4) is 0 Å². The Kier molecular flexibility index (Phi) is 6.06. The summed E-state index contributed by atoms with van der Waals surface area (Å²) < 4.78 is 11.2. The first-order chi connectivity index (χ1) is 14.5. The zero-order valence-electron chi connectivity index (χ0n) is 16.3. The standard InChI is InChI=1S/C21H22ClN3O5/c22-16-2-1-3-17(13-16)30-18-6-7-24(14-18)19-5-4-15(12-20(19)25(27)28)21(26)23-8-10-29-11-9-23/h1-5,12-13,18H,6-11,14H2. The van der Waals surface area contributed by atoms with Crippen molar-refractivity contribution in [1.82, 2.24) is 4.90 Å². The number of nitro benzene ring substituents is 1. The summed E-state index contributed by atoms with van der Waals surface area (Å²) in [6.45, 7) is 3.08. The number of halogens is 1. The molecule has 2 saturated heterocycles. The topological polar surface area (TPSA) is 85.2 Å². The smallest absolute Gasteiger partial charge is 0.293 e. The van der Waals surface area contributed by atoms with E-state index >= 15 is 0 Å². The molecule has 2 aliphatic heterocycles. The molecule has 2 aromatic carbocycles. The highest BCUT2D eigenvalue weighted by molar-refractivity contribution is 6.30. The molecule has 4 rings (SSSR count). The molecule has 2 aromatic rings. The molecular weight excluding hydrogens is 410 g/mol. The van der Waals surface area contributed by atoms with Gasteiger partial charge in [0.2, 0.25) is 0 Å². The van der Waals surface area contributed by atoms with Gasteiger partial charge in [0.1, 0.15) is 17.5 Å². The minimum absolute atomic E-state index is 0.0717. The maximum absolute atomic E-state index is 12.7. The fourth-order valence-corrected chi connectivity index (χ4v) is 3.98. The average molecular weight is 432 g/mol. The molecule has 0 radical (unpaired) electrons. The maximum atomic E-state index is 12.7. The summed E-state index contributed by atoms with van der Waals surface area (Å²) >= 11 is 6.00. The van der Waals surface area contributed by atoms with Crippen LogP contribution in [0.4, 0.5) is 11.4 Å². The highest BCUT2D eigenvalue weighted by atomic mass is 35.5. The summed E-state index contributed by atoms with van der Waals surface area (Å²) in [6, 6.07) is 11.9. The second-order valence-electron chi connectivity index (χ2n) is 7.30. The van der Waals surface area contributed by atoms with Crippen LogP contribution in [0.25, 0.3) is 0 Å². The van der Waals surface area contributed by atoms with Crippen LogP contribution in [0, 0.1) is 10.1 Å². The molecule has 2 fully saturated rings. The lowest BCUT2D eigenvalue weighted by atomic mass is 10.1. The number of rotatable bonds is 5. The first-order valence-electron chi connectivity index (χ1n) is 9.84. The first-order valence-corrected chi connectivity index (χ1v) is 10.2. The van der Waals surface area contributed by atoms with Crippen molar-refractivity contribution < 1.29 is 19.2 Å². The molecule has 30 heavy (non-hydrogen) atoms. The van der Waals surface area contributed by atoms with Gasteiger partial charge >= 0.3 is 0 Å². The Balaban J connectivity index is 1.49. The van der Waals surface area contributed by atoms with E-state index in [1.54, 1.807) is 29.2 Å². The third kappa shape index (κ3) is 4.49. The Morgan fingerprint density at radius 2 is 1.97 bits per heavy atom. The number of benzene rings is 2. The molecule has 1 amide bonds. The van der Waals surface area contributed by atoms with Crippen LogP contribution in [0.2, 0.25) is 5.02 Å². The van der Waals surface area contributed by atoms with Gasteiger partial charge in [-0.05, 0) is 30.3 Å². The van der Waals surface area contributed by atoms with Gasteiger partial charge in [-0.15, -0.1) is 0 Å². The van der Waals surface area contributed by atoms with Crippen LogP contribution in [-0.2, 0) is 4.74 Å². The van der Waals surface area contributed by atoms with Crippen molar-refractivity contribution in [3.63, 3.8) is 0 Å². The van der Waals surface area contributed by atoms with Gasteiger partial charge < -0.3 is 19.3 Å². The summed E-state index contributed by atoms with van der Waals surface area (Å²) in [5, 5.41) is 12.3. The van der Waals surface area contributed by atoms with Crippen LogP contribution in [0.5, 0.6) is 5.75 Å². The highest BCUT2D eigenvalue weighted by Crippen LogP contribution is 2.33. The van der Waals surface area contributed by atoms with E-state index in [4.69, 9.17) is 21.1 Å². The predicted octanol–water partition coefficient (Wildman–Crippen LogP) is 3.38. The zero-order valence-corrected chi connectivity index (χ0v) is 17.1. The molecule has 0 aromatic heterocycles. The number of carbonyl (C=O) groups excluding carboxylic acids is 1. The molecule has 0 N–H and O–H groups in total. The summed E-state index contributed by atoms with van der Waals surface area (Å²) in [5.41, 5.74) is 0.742. The molecule has 2 aliphatic rings. The number of hydrogen-bond acceptors (Lipinski definition) is 6. The SMILES string of the molecule is O=C(c1ccc(N2CCC(Oc3cccc(Cl)c3)C2)c([N+](=O)[O-])c1)N1CCOCC1. The molecule has 0 aliphatic carbocycles. The highest BCUT2D eigenvalue weighted by Gasteiger charge is 2.30. The second kappa shape index (κ2) is 8.89. The maximum Gasteiger partial charge on any atom is 0.293 e. The van der Waals surface area contributed by atoms with Gasteiger partial charge in [0.15, 0.2) is 0 Å². The number of nitrogens with zero attached hydrogens (tertiary/aromatic N) is 3. The third-order valence-electron chi connectivity index (χ3n) is 5.30. The van der Waals surface area contributed by atoms with Crippen molar-refractivity contribution in [3.8, 4) is 5.75 Å². The van der Waals surface area contributed by atoms with Crippen molar-refractivity contribution in [2.45, 2.75) is 12.5 Å². The summed E-state index contributed by atoms with van der Waals surface area (Å²) in [4.78, 5) is 27.6. The van der Waals surface area contributed by atoms with Crippen molar-refractivity contribution in [2.24, 2.45) is 0 Å². The van der Waals surface area contributed by atoms with E-state index in [1.807, 2.05) is 17.0 Å². The summed E-state index contributed by atoms with van der Waals surface area (Å²) in [6.07, 6.45) is 0.635. The minimum atomic E-state index is -0.434. The number of morpholine rings is 1. The van der Waals surface area contributed by atoms with Crippen LogP contribution < -0.4 is 9.64 Å². The van der Waals surface area contributed by atoms with Crippen molar-refractivity contribution in [1.29, 1.82) is 0 Å². The second-order valence-corrected chi connectivity index (χ2v) is 7.73. The fourth-order valence-electron chi connectivity index (χ4n) is 3.80. The summed E-state index contributed by atoms with van der Waals surface area (Å²) in [5.74, 6) is 0.465. The van der Waals surface area contributed by atoms with Crippen molar-refractivity contribution >= 4 is 28.9 Å². The number of carbonyl (C=O) groups is 1. The molecule has 0 bridgehead atoms. The molecule has 1 unspecified atom stereocenters. The fraction of sp³-hybridized carbons (Fsp3) is 0.381. The molecule has 158 valence electrons. The first kappa shape index (κ1) is 20.4. The van der Waals surface area contributed by atoms with Gasteiger partial charge in [0.25, 0.3) is 11.6 Å². The van der Waals surface area contributed by atoms with E-state index in [9.17, 15) is 14.9 Å². The van der Waals surface area contributed by atoms with Gasteiger partial charge in [0, 0.05) is 42.7 Å². The van der Waals surface area contributed by atoms with E-state index in [2.05, 4.69) is 0 Å². The lowest BCUT2D eigenvalue weighted by Gasteiger charge is -2.27. The zero-order chi connectivity index (χ0) is 21.1. The van der Waals surface area contributed by atoms with Gasteiger partial charge in [-0.2, -0.15) is 0 Å². The van der Waals surface area contributed by atoms with Crippen LogP contribution >= 0.6 is 11.6 Å². The Labute approximate surface area is 179 Å². The van der Waals surface area contributed by atoms with E-state index in [0.29, 0.717) is 61.4 Å². The average Bonchev–Trinajstić information content (AvgIpc) is 3.21. The Morgan fingerprint density at radius 1 is 1.17 bits per heavy atom. The van der Waals surface area contributed by atoms with Gasteiger partial charge in [-0.25, -0.2) is 0 Å². The quantitative estimate of drug-likeness (QED) is 0.533. The van der Waals surface area contributed by atoms with E-state index in [-0.39, 0.29) is 17.7 Å². The normalized spacial score (nSPS) is 19.0.